The Labute approximate surface area is 117 Å². The first kappa shape index (κ1) is 14.4. The number of hydrogen-bond acceptors (Lipinski definition) is 5. The molecule has 0 radical (unpaired) electrons. The Balaban J connectivity index is 1.85. The Bertz CT molecular complexity index is 422. The molecular formula is C13H21N3O2S. The minimum absolute atomic E-state index is 0.163. The van der Waals surface area contributed by atoms with Gasteiger partial charge in [-0.3, -0.25) is 9.69 Å². The predicted molar refractivity (Wildman–Crippen MR) is 75.3 cm³/mol. The fraction of sp³-hybridized carbons (Fsp3) is 0.692. The third kappa shape index (κ3) is 4.26. The summed E-state index contributed by atoms with van der Waals surface area (Å²) in [7, 11) is 0. The van der Waals surface area contributed by atoms with E-state index in [-0.39, 0.29) is 12.5 Å². The predicted octanol–water partition coefficient (Wildman–Crippen LogP) is 0.521. The van der Waals surface area contributed by atoms with E-state index in [4.69, 9.17) is 5.11 Å². The lowest BCUT2D eigenvalue weighted by Gasteiger charge is -2.21. The summed E-state index contributed by atoms with van der Waals surface area (Å²) >= 11 is 1.59. The highest BCUT2D eigenvalue weighted by Crippen LogP contribution is 2.11. The van der Waals surface area contributed by atoms with Gasteiger partial charge in [-0.2, -0.15) is 0 Å². The van der Waals surface area contributed by atoms with Crippen LogP contribution in [0.5, 0.6) is 0 Å². The van der Waals surface area contributed by atoms with Crippen LogP contribution in [0, 0.1) is 6.92 Å². The van der Waals surface area contributed by atoms with Crippen LogP contribution < -0.4 is 0 Å². The molecule has 6 heteroatoms. The number of hydrogen-bond donors (Lipinski definition) is 1. The number of amides is 1. The van der Waals surface area contributed by atoms with Gasteiger partial charge < -0.3 is 10.0 Å². The summed E-state index contributed by atoms with van der Waals surface area (Å²) in [6.45, 7) is 6.21. The molecule has 1 saturated heterocycles. The van der Waals surface area contributed by atoms with Crippen molar-refractivity contribution in [2.24, 2.45) is 0 Å². The normalized spacial score (nSPS) is 17.5. The number of rotatable bonds is 4. The Hall–Kier alpha value is -0.980. The molecule has 1 aliphatic heterocycles. The fourth-order valence-corrected chi connectivity index (χ4v) is 2.95. The maximum atomic E-state index is 12.2. The van der Waals surface area contributed by atoms with Gasteiger partial charge in [0.05, 0.1) is 23.7 Å². The standard InChI is InChI=1S/C13H21N3O2S/c1-11-14-12(10-19-11)9-13(18)16-4-2-3-15(5-6-16)7-8-17/h10,17H,2-9H2,1H3. The molecule has 0 aliphatic carbocycles. The molecule has 0 unspecified atom stereocenters. The number of thiazole rings is 1. The van der Waals surface area contributed by atoms with Gasteiger partial charge in [0.25, 0.3) is 0 Å². The second-order valence-electron chi connectivity index (χ2n) is 4.83. The summed E-state index contributed by atoms with van der Waals surface area (Å²) in [5, 5.41) is 11.9. The third-order valence-electron chi connectivity index (χ3n) is 3.36. The topological polar surface area (TPSA) is 56.7 Å². The Morgan fingerprint density at radius 3 is 2.95 bits per heavy atom. The van der Waals surface area contributed by atoms with Crippen molar-refractivity contribution in [2.75, 3.05) is 39.3 Å². The molecule has 0 aromatic carbocycles. The molecule has 1 aromatic rings. The summed E-state index contributed by atoms with van der Waals surface area (Å²) < 4.78 is 0. The van der Waals surface area contributed by atoms with Crippen molar-refractivity contribution in [3.8, 4) is 0 Å². The van der Waals surface area contributed by atoms with Gasteiger partial charge in [0.1, 0.15) is 0 Å². The van der Waals surface area contributed by atoms with Crippen LogP contribution in [-0.4, -0.2) is 65.1 Å². The van der Waals surface area contributed by atoms with E-state index in [0.29, 0.717) is 13.0 Å². The molecule has 1 N–H and O–H groups in total. The zero-order valence-corrected chi connectivity index (χ0v) is 12.2. The fourth-order valence-electron chi connectivity index (χ4n) is 2.34. The number of nitrogens with zero attached hydrogens (tertiary/aromatic N) is 3. The van der Waals surface area contributed by atoms with Crippen LogP contribution >= 0.6 is 11.3 Å². The molecule has 1 fully saturated rings. The average molecular weight is 283 g/mol. The number of aryl methyl sites for hydroxylation is 1. The lowest BCUT2D eigenvalue weighted by atomic mass is 10.3. The molecule has 0 atom stereocenters. The highest BCUT2D eigenvalue weighted by Gasteiger charge is 2.19. The highest BCUT2D eigenvalue weighted by molar-refractivity contribution is 7.09. The third-order valence-corrected chi connectivity index (χ3v) is 4.18. The quantitative estimate of drug-likeness (QED) is 0.875. The number of carbonyl (C=O) groups is 1. The van der Waals surface area contributed by atoms with Crippen LogP contribution in [0.2, 0.25) is 0 Å². The molecule has 0 saturated carbocycles. The lowest BCUT2D eigenvalue weighted by molar-refractivity contribution is -0.130. The van der Waals surface area contributed by atoms with Crippen molar-refractivity contribution in [3.63, 3.8) is 0 Å². The van der Waals surface area contributed by atoms with Crippen LogP contribution in [0.4, 0.5) is 0 Å². The maximum Gasteiger partial charge on any atom is 0.228 e. The molecule has 0 spiro atoms. The van der Waals surface area contributed by atoms with E-state index >= 15 is 0 Å². The summed E-state index contributed by atoms with van der Waals surface area (Å²) in [5.41, 5.74) is 0.879. The molecule has 2 rings (SSSR count). The largest absolute Gasteiger partial charge is 0.395 e. The van der Waals surface area contributed by atoms with Crippen LogP contribution in [0.15, 0.2) is 5.38 Å². The number of carbonyl (C=O) groups excluding carboxylic acids is 1. The van der Waals surface area contributed by atoms with Gasteiger partial charge in [-0.15, -0.1) is 11.3 Å². The molecule has 5 nitrogen and oxygen atoms in total. The summed E-state index contributed by atoms with van der Waals surface area (Å²) in [4.78, 5) is 20.7. The molecule has 19 heavy (non-hydrogen) atoms. The minimum Gasteiger partial charge on any atom is -0.395 e. The van der Waals surface area contributed by atoms with Gasteiger partial charge in [0.15, 0.2) is 0 Å². The molecule has 106 valence electrons. The van der Waals surface area contributed by atoms with Crippen molar-refractivity contribution in [1.29, 1.82) is 0 Å². The first-order valence-corrected chi connectivity index (χ1v) is 7.59. The Kier molecular flexibility index (Phi) is 5.30. The zero-order valence-electron chi connectivity index (χ0n) is 11.3. The summed E-state index contributed by atoms with van der Waals surface area (Å²) in [5.74, 6) is 0.163. The van der Waals surface area contributed by atoms with Crippen molar-refractivity contribution in [1.82, 2.24) is 14.8 Å². The van der Waals surface area contributed by atoms with Gasteiger partial charge >= 0.3 is 0 Å². The second-order valence-corrected chi connectivity index (χ2v) is 5.90. The van der Waals surface area contributed by atoms with Gasteiger partial charge in [-0.25, -0.2) is 4.98 Å². The summed E-state index contributed by atoms with van der Waals surface area (Å²) in [6.07, 6.45) is 1.38. The first-order chi connectivity index (χ1) is 9.19. The number of aliphatic hydroxyl groups excluding tert-OH is 1. The van der Waals surface area contributed by atoms with E-state index in [0.717, 1.165) is 43.3 Å². The molecule has 2 heterocycles. The van der Waals surface area contributed by atoms with Crippen LogP contribution in [0.25, 0.3) is 0 Å². The SMILES string of the molecule is Cc1nc(CC(=O)N2CCCN(CCO)CC2)cs1. The number of β-amino-alcohol motifs (C(OH)–C–C–N with tert-alkyl or cyclic N) is 1. The van der Waals surface area contributed by atoms with Gasteiger partial charge in [-0.1, -0.05) is 0 Å². The average Bonchev–Trinajstić information content (AvgIpc) is 2.65. The maximum absolute atomic E-state index is 12.2. The zero-order chi connectivity index (χ0) is 13.7. The minimum atomic E-state index is 0.163. The molecular weight excluding hydrogens is 262 g/mol. The highest BCUT2D eigenvalue weighted by atomic mass is 32.1. The molecule has 0 bridgehead atoms. The Morgan fingerprint density at radius 2 is 2.26 bits per heavy atom. The molecule has 1 aromatic heterocycles. The Morgan fingerprint density at radius 1 is 1.42 bits per heavy atom. The van der Waals surface area contributed by atoms with E-state index in [1.54, 1.807) is 11.3 Å². The van der Waals surface area contributed by atoms with Crippen LogP contribution in [0.1, 0.15) is 17.1 Å². The summed E-state index contributed by atoms with van der Waals surface area (Å²) in [6, 6.07) is 0. The van der Waals surface area contributed by atoms with Gasteiger partial charge in [0, 0.05) is 31.6 Å². The van der Waals surface area contributed by atoms with Crippen molar-refractivity contribution in [2.45, 2.75) is 19.8 Å². The van der Waals surface area contributed by atoms with E-state index in [9.17, 15) is 4.79 Å². The van der Waals surface area contributed by atoms with Crippen molar-refractivity contribution < 1.29 is 9.90 Å². The smallest absolute Gasteiger partial charge is 0.228 e. The number of aliphatic hydroxyl groups is 1. The van der Waals surface area contributed by atoms with E-state index in [2.05, 4.69) is 9.88 Å². The van der Waals surface area contributed by atoms with Crippen molar-refractivity contribution >= 4 is 17.2 Å². The second kappa shape index (κ2) is 6.98. The molecule has 1 aliphatic rings. The van der Waals surface area contributed by atoms with E-state index in [1.807, 2.05) is 17.2 Å². The first-order valence-electron chi connectivity index (χ1n) is 6.71. The van der Waals surface area contributed by atoms with E-state index < -0.39 is 0 Å². The number of aromatic nitrogens is 1. The van der Waals surface area contributed by atoms with Crippen LogP contribution in [0.3, 0.4) is 0 Å². The monoisotopic (exact) mass is 283 g/mol. The van der Waals surface area contributed by atoms with Gasteiger partial charge in [-0.05, 0) is 19.9 Å². The van der Waals surface area contributed by atoms with Crippen molar-refractivity contribution in [3.05, 3.63) is 16.1 Å². The lowest BCUT2D eigenvalue weighted by Crippen LogP contribution is -2.36. The van der Waals surface area contributed by atoms with E-state index in [1.165, 1.54) is 0 Å². The van der Waals surface area contributed by atoms with Gasteiger partial charge in [0.2, 0.25) is 5.91 Å². The molecule has 1 amide bonds. The van der Waals surface area contributed by atoms with Crippen LogP contribution in [-0.2, 0) is 11.2 Å².